The van der Waals surface area contributed by atoms with E-state index < -0.39 is 12.1 Å². The van der Waals surface area contributed by atoms with Gasteiger partial charge in [0.05, 0.1) is 0 Å². The van der Waals surface area contributed by atoms with Gasteiger partial charge in [0.25, 0.3) is 0 Å². The highest BCUT2D eigenvalue weighted by Crippen LogP contribution is 2.28. The van der Waals surface area contributed by atoms with Gasteiger partial charge in [-0.3, -0.25) is 9.59 Å². The number of carbonyl (C=O) groups is 2. The zero-order chi connectivity index (χ0) is 19.5. The lowest BCUT2D eigenvalue weighted by Crippen LogP contribution is -2.63. The maximum absolute atomic E-state index is 12.7. The fourth-order valence-corrected chi connectivity index (χ4v) is 4.65. The molecule has 1 fully saturated rings. The van der Waals surface area contributed by atoms with Crippen molar-refractivity contribution < 1.29 is 9.59 Å². The second kappa shape index (κ2) is 8.10. The zero-order valence-corrected chi connectivity index (χ0v) is 16.5. The first-order valence-corrected chi connectivity index (χ1v) is 10.6. The minimum absolute atomic E-state index is 0.114. The maximum atomic E-state index is 12.7. The molecule has 3 N–H and O–H groups in total. The number of aromatic nitrogens is 1. The van der Waals surface area contributed by atoms with Crippen molar-refractivity contribution in [2.24, 2.45) is 0 Å². The molecule has 5 nitrogen and oxygen atoms in total. The molecular weight excluding hydrogens is 370 g/mol. The molecule has 6 heteroatoms. The van der Waals surface area contributed by atoms with E-state index in [9.17, 15) is 9.59 Å². The summed E-state index contributed by atoms with van der Waals surface area (Å²) in [5.41, 5.74) is 3.27. The number of benzene rings is 2. The Balaban J connectivity index is 1.39. The van der Waals surface area contributed by atoms with Crippen LogP contribution in [0.5, 0.6) is 0 Å². The van der Waals surface area contributed by atoms with Gasteiger partial charge in [0.15, 0.2) is 0 Å². The van der Waals surface area contributed by atoms with Crippen LogP contribution in [-0.4, -0.2) is 34.6 Å². The van der Waals surface area contributed by atoms with Crippen molar-refractivity contribution >= 4 is 34.5 Å². The molecule has 1 aliphatic rings. The third-order valence-electron chi connectivity index (χ3n) is 5.22. The Morgan fingerprint density at radius 2 is 1.71 bits per heavy atom. The molecular formula is C22H23N3O2S. The van der Waals surface area contributed by atoms with E-state index in [1.165, 1.54) is 5.56 Å². The summed E-state index contributed by atoms with van der Waals surface area (Å²) in [7, 11) is 0. The van der Waals surface area contributed by atoms with Crippen LogP contribution in [0.1, 0.15) is 24.0 Å². The van der Waals surface area contributed by atoms with E-state index in [-0.39, 0.29) is 17.7 Å². The lowest BCUT2D eigenvalue weighted by molar-refractivity contribution is -0.136. The molecule has 3 atom stereocenters. The third-order valence-corrected chi connectivity index (χ3v) is 6.33. The maximum Gasteiger partial charge on any atom is 0.244 e. The summed E-state index contributed by atoms with van der Waals surface area (Å²) in [6.07, 6.45) is 1.93. The monoisotopic (exact) mass is 393 g/mol. The van der Waals surface area contributed by atoms with Gasteiger partial charge in [-0.05, 0) is 17.2 Å². The first-order valence-electron chi connectivity index (χ1n) is 9.42. The summed E-state index contributed by atoms with van der Waals surface area (Å²) in [6, 6.07) is 17.0. The van der Waals surface area contributed by atoms with Gasteiger partial charge in [-0.2, -0.15) is 11.8 Å². The largest absolute Gasteiger partial charge is 0.361 e. The standard InChI is InChI=1S/C22H23N3O2S/c1-14(17-11-23-18-10-6-5-9-16(17)18)20-22(27)24-19(21(26)25-20)13-28-12-15-7-3-2-4-8-15/h2-11,14,19-20,23H,12-13H2,1H3,(H,24,27)(H,25,26)/t14?,19-,20-/m1/s1. The Morgan fingerprint density at radius 3 is 2.54 bits per heavy atom. The Hall–Kier alpha value is -2.73. The van der Waals surface area contributed by atoms with Crippen LogP contribution in [0.3, 0.4) is 0 Å². The number of H-pyrrole nitrogens is 1. The molecule has 0 saturated carbocycles. The minimum Gasteiger partial charge on any atom is -0.361 e. The second-order valence-corrected chi connectivity index (χ2v) is 8.16. The third kappa shape index (κ3) is 3.78. The Kier molecular flexibility index (Phi) is 5.39. The molecule has 1 unspecified atom stereocenters. The molecule has 28 heavy (non-hydrogen) atoms. The molecule has 2 heterocycles. The molecule has 2 amide bonds. The van der Waals surface area contributed by atoms with E-state index in [0.29, 0.717) is 5.75 Å². The lowest BCUT2D eigenvalue weighted by Gasteiger charge is -2.32. The quantitative estimate of drug-likeness (QED) is 0.602. The Labute approximate surface area is 168 Å². The predicted molar refractivity (Wildman–Crippen MR) is 113 cm³/mol. The number of piperazine rings is 1. The summed E-state index contributed by atoms with van der Waals surface area (Å²) in [5, 5.41) is 6.93. The van der Waals surface area contributed by atoms with Gasteiger partial charge in [0, 0.05) is 34.5 Å². The summed E-state index contributed by atoms with van der Waals surface area (Å²) < 4.78 is 0. The highest BCUT2D eigenvalue weighted by molar-refractivity contribution is 7.98. The SMILES string of the molecule is CC(c1c[nH]c2ccccc12)[C@H]1NC(=O)[C@@H](CSCc2ccccc2)NC1=O. The van der Waals surface area contributed by atoms with Gasteiger partial charge in [-0.15, -0.1) is 0 Å². The lowest BCUT2D eigenvalue weighted by atomic mass is 9.90. The minimum atomic E-state index is -0.568. The van der Waals surface area contributed by atoms with Crippen LogP contribution in [0.2, 0.25) is 0 Å². The van der Waals surface area contributed by atoms with Crippen molar-refractivity contribution in [3.63, 3.8) is 0 Å². The predicted octanol–water partition coefficient (Wildman–Crippen LogP) is 3.19. The molecule has 0 aliphatic carbocycles. The molecule has 0 radical (unpaired) electrons. The molecule has 144 valence electrons. The van der Waals surface area contributed by atoms with Crippen molar-refractivity contribution in [2.75, 3.05) is 5.75 Å². The van der Waals surface area contributed by atoms with Crippen molar-refractivity contribution in [3.05, 3.63) is 71.9 Å². The summed E-state index contributed by atoms with van der Waals surface area (Å²) in [6.45, 7) is 1.98. The molecule has 3 aromatic rings. The number of carbonyl (C=O) groups excluding carboxylic acids is 2. The number of rotatable bonds is 6. The van der Waals surface area contributed by atoms with E-state index in [1.54, 1.807) is 11.8 Å². The Bertz CT molecular complexity index is 986. The van der Waals surface area contributed by atoms with E-state index in [0.717, 1.165) is 22.2 Å². The van der Waals surface area contributed by atoms with E-state index in [2.05, 4.69) is 27.8 Å². The van der Waals surface area contributed by atoms with Gasteiger partial charge in [0.1, 0.15) is 12.1 Å². The number of thioether (sulfide) groups is 1. The van der Waals surface area contributed by atoms with Crippen LogP contribution in [0.15, 0.2) is 60.8 Å². The Morgan fingerprint density at radius 1 is 0.964 bits per heavy atom. The van der Waals surface area contributed by atoms with Crippen molar-refractivity contribution in [3.8, 4) is 0 Å². The summed E-state index contributed by atoms with van der Waals surface area (Å²) in [5.74, 6) is 1.01. The first kappa shape index (κ1) is 18.6. The summed E-state index contributed by atoms with van der Waals surface area (Å²) >= 11 is 1.65. The number of fused-ring (bicyclic) bond motifs is 1. The van der Waals surface area contributed by atoms with E-state index >= 15 is 0 Å². The van der Waals surface area contributed by atoms with Crippen LogP contribution >= 0.6 is 11.8 Å². The number of hydrogen-bond donors (Lipinski definition) is 3. The average Bonchev–Trinajstić information content (AvgIpc) is 3.15. The number of amides is 2. The first-order chi connectivity index (χ1) is 13.6. The van der Waals surface area contributed by atoms with Crippen molar-refractivity contribution in [1.82, 2.24) is 15.6 Å². The molecule has 4 rings (SSSR count). The second-order valence-electron chi connectivity index (χ2n) is 7.13. The van der Waals surface area contributed by atoms with Crippen LogP contribution in [0.4, 0.5) is 0 Å². The highest BCUT2D eigenvalue weighted by atomic mass is 32.2. The average molecular weight is 394 g/mol. The highest BCUT2D eigenvalue weighted by Gasteiger charge is 2.37. The van der Waals surface area contributed by atoms with Crippen LogP contribution in [0, 0.1) is 0 Å². The normalized spacial score (nSPS) is 20.6. The van der Waals surface area contributed by atoms with Crippen LogP contribution in [0.25, 0.3) is 10.9 Å². The van der Waals surface area contributed by atoms with E-state index in [1.807, 2.05) is 55.6 Å². The van der Waals surface area contributed by atoms with Gasteiger partial charge < -0.3 is 15.6 Å². The van der Waals surface area contributed by atoms with Gasteiger partial charge in [-0.1, -0.05) is 55.5 Å². The van der Waals surface area contributed by atoms with Crippen molar-refractivity contribution in [1.29, 1.82) is 0 Å². The number of hydrogen-bond acceptors (Lipinski definition) is 3. The molecule has 1 aromatic heterocycles. The van der Waals surface area contributed by atoms with Gasteiger partial charge in [0.2, 0.25) is 11.8 Å². The van der Waals surface area contributed by atoms with Crippen molar-refractivity contribution in [2.45, 2.75) is 30.7 Å². The molecule has 2 aromatic carbocycles. The summed E-state index contributed by atoms with van der Waals surface area (Å²) in [4.78, 5) is 28.5. The van der Waals surface area contributed by atoms with E-state index in [4.69, 9.17) is 0 Å². The zero-order valence-electron chi connectivity index (χ0n) is 15.6. The number of nitrogens with one attached hydrogen (secondary N) is 3. The topological polar surface area (TPSA) is 74.0 Å². The molecule has 0 bridgehead atoms. The molecule has 0 spiro atoms. The smallest absolute Gasteiger partial charge is 0.244 e. The van der Waals surface area contributed by atoms with Crippen LogP contribution < -0.4 is 10.6 Å². The number of para-hydroxylation sites is 1. The van der Waals surface area contributed by atoms with Gasteiger partial charge in [-0.25, -0.2) is 0 Å². The fourth-order valence-electron chi connectivity index (χ4n) is 3.63. The fraction of sp³-hybridized carbons (Fsp3) is 0.273. The van der Waals surface area contributed by atoms with Gasteiger partial charge >= 0.3 is 0 Å². The molecule has 1 aliphatic heterocycles. The van der Waals surface area contributed by atoms with Crippen LogP contribution in [-0.2, 0) is 15.3 Å². The molecule has 1 saturated heterocycles. The number of aromatic amines is 1.